The third kappa shape index (κ3) is 2.44. The zero-order valence-corrected chi connectivity index (χ0v) is 18.2. The van der Waals surface area contributed by atoms with Crippen LogP contribution >= 0.6 is 0 Å². The number of carbonyl (C=O) groups excluding carboxylic acids is 2. The Morgan fingerprint density at radius 1 is 0.700 bits per heavy atom. The number of rotatable bonds is 7. The monoisotopic (exact) mass is 406 g/mol. The lowest BCUT2D eigenvalue weighted by atomic mass is 9.54. The van der Waals surface area contributed by atoms with Gasteiger partial charge in [0.1, 0.15) is 0 Å². The number of para-hydroxylation sites is 2. The largest absolute Gasteiger partial charge is 0.320 e. The van der Waals surface area contributed by atoms with Gasteiger partial charge < -0.3 is 20.4 Å². The van der Waals surface area contributed by atoms with Crippen LogP contribution in [0, 0.1) is 0 Å². The van der Waals surface area contributed by atoms with Gasteiger partial charge in [-0.3, -0.25) is 9.59 Å². The second-order valence-corrected chi connectivity index (χ2v) is 8.28. The topological polar surface area (TPSA) is 64.7 Å². The number of anilines is 2. The Balaban J connectivity index is 2.09. The summed E-state index contributed by atoms with van der Waals surface area (Å²) in [6.07, 6.45) is 1.09. The molecular weight excluding hydrogens is 376 g/mol. The van der Waals surface area contributed by atoms with Gasteiger partial charge in [0.15, 0.2) is 0 Å². The van der Waals surface area contributed by atoms with E-state index in [2.05, 4.69) is 10.6 Å². The van der Waals surface area contributed by atoms with Crippen LogP contribution < -0.4 is 20.4 Å². The highest BCUT2D eigenvalue weighted by molar-refractivity contribution is 6.18. The zero-order chi connectivity index (χ0) is 21.5. The molecule has 4 rings (SSSR count). The van der Waals surface area contributed by atoms with Gasteiger partial charge in [-0.15, -0.1) is 0 Å². The van der Waals surface area contributed by atoms with Crippen LogP contribution in [0.25, 0.3) is 0 Å². The van der Waals surface area contributed by atoms with E-state index in [-0.39, 0.29) is 11.8 Å². The van der Waals surface area contributed by atoms with E-state index < -0.39 is 10.8 Å². The molecule has 158 valence electrons. The second-order valence-electron chi connectivity index (χ2n) is 8.28. The molecule has 2 atom stereocenters. The molecule has 2 aliphatic heterocycles. The molecule has 0 aliphatic carbocycles. The van der Waals surface area contributed by atoms with Crippen molar-refractivity contribution >= 4 is 23.2 Å². The number of benzene rings is 2. The normalized spacial score (nSPS) is 25.1. The molecule has 0 fully saturated rings. The van der Waals surface area contributed by atoms with Crippen molar-refractivity contribution in [3.05, 3.63) is 59.7 Å². The number of nitrogens with one attached hydrogen (secondary N) is 2. The average Bonchev–Trinajstić information content (AvgIpc) is 3.13. The van der Waals surface area contributed by atoms with Crippen LogP contribution in [0.2, 0.25) is 0 Å². The van der Waals surface area contributed by atoms with Crippen LogP contribution in [-0.2, 0) is 20.4 Å². The Hall–Kier alpha value is -2.70. The van der Waals surface area contributed by atoms with Gasteiger partial charge in [-0.25, -0.2) is 0 Å². The summed E-state index contributed by atoms with van der Waals surface area (Å²) >= 11 is 0. The van der Waals surface area contributed by atoms with Crippen molar-refractivity contribution in [1.82, 2.24) is 10.6 Å². The van der Waals surface area contributed by atoms with Gasteiger partial charge in [0.2, 0.25) is 11.8 Å². The summed E-state index contributed by atoms with van der Waals surface area (Å²) < 4.78 is 0. The molecular formula is C24H30N4O2. The van der Waals surface area contributed by atoms with Crippen molar-refractivity contribution in [2.75, 3.05) is 51.1 Å². The molecule has 0 saturated heterocycles. The standard InChI is InChI=1S/C24H30N4O2/c1-25-15-13-23(17-9-5-7-11-19(17)27(3)21(23)29)24(14-16-26-2)18-10-6-8-12-20(18)28(4)22(24)30/h5-12,25-26H,13-16H2,1-4H3. The minimum atomic E-state index is -0.976. The average molecular weight is 407 g/mol. The number of nitrogens with zero attached hydrogens (tertiary/aromatic N) is 2. The van der Waals surface area contributed by atoms with E-state index in [0.29, 0.717) is 25.9 Å². The highest BCUT2D eigenvalue weighted by Gasteiger charge is 2.69. The Labute approximate surface area is 178 Å². The summed E-state index contributed by atoms with van der Waals surface area (Å²) in [6.45, 7) is 1.27. The molecule has 2 aromatic rings. The lowest BCUT2D eigenvalue weighted by Crippen LogP contribution is -2.60. The van der Waals surface area contributed by atoms with Crippen LogP contribution in [0.3, 0.4) is 0 Å². The Morgan fingerprint density at radius 3 is 1.43 bits per heavy atom. The quantitative estimate of drug-likeness (QED) is 0.739. The van der Waals surface area contributed by atoms with Gasteiger partial charge in [-0.05, 0) is 63.3 Å². The fourth-order valence-electron chi connectivity index (χ4n) is 5.64. The molecule has 6 heteroatoms. The van der Waals surface area contributed by atoms with Crippen LogP contribution in [0.5, 0.6) is 0 Å². The summed E-state index contributed by atoms with van der Waals surface area (Å²) in [6, 6.07) is 15.9. The second kappa shape index (κ2) is 7.52. The van der Waals surface area contributed by atoms with Crippen molar-refractivity contribution in [2.45, 2.75) is 23.7 Å². The van der Waals surface area contributed by atoms with E-state index in [1.165, 1.54) is 0 Å². The van der Waals surface area contributed by atoms with Crippen molar-refractivity contribution in [3.8, 4) is 0 Å². The van der Waals surface area contributed by atoms with Crippen LogP contribution in [0.1, 0.15) is 24.0 Å². The molecule has 30 heavy (non-hydrogen) atoms. The highest BCUT2D eigenvalue weighted by atomic mass is 16.2. The van der Waals surface area contributed by atoms with Gasteiger partial charge in [0.05, 0.1) is 10.8 Å². The Kier molecular flexibility index (Phi) is 5.16. The third-order valence-electron chi connectivity index (χ3n) is 7.02. The lowest BCUT2D eigenvalue weighted by molar-refractivity contribution is -0.135. The van der Waals surface area contributed by atoms with Crippen molar-refractivity contribution in [1.29, 1.82) is 0 Å². The zero-order valence-electron chi connectivity index (χ0n) is 18.2. The number of carbonyl (C=O) groups is 2. The fraction of sp³-hybridized carbons (Fsp3) is 0.417. The number of likely N-dealkylation sites (N-methyl/N-ethyl adjacent to an activating group) is 2. The van der Waals surface area contributed by atoms with E-state index in [4.69, 9.17) is 0 Å². The van der Waals surface area contributed by atoms with Gasteiger partial charge in [-0.2, -0.15) is 0 Å². The maximum Gasteiger partial charge on any atom is 0.238 e. The molecule has 2 N–H and O–H groups in total. The van der Waals surface area contributed by atoms with Gasteiger partial charge >= 0.3 is 0 Å². The molecule has 2 heterocycles. The minimum Gasteiger partial charge on any atom is -0.320 e. The highest BCUT2D eigenvalue weighted by Crippen LogP contribution is 2.60. The molecule has 2 aliphatic rings. The molecule has 0 radical (unpaired) electrons. The van der Waals surface area contributed by atoms with E-state index in [1.54, 1.807) is 9.80 Å². The summed E-state index contributed by atoms with van der Waals surface area (Å²) in [5, 5.41) is 6.44. The van der Waals surface area contributed by atoms with E-state index in [1.807, 2.05) is 76.7 Å². The Bertz CT molecular complexity index is 911. The summed E-state index contributed by atoms with van der Waals surface area (Å²) in [5.41, 5.74) is 1.72. The fourth-order valence-corrected chi connectivity index (χ4v) is 5.64. The van der Waals surface area contributed by atoms with Gasteiger partial charge in [-0.1, -0.05) is 36.4 Å². The molecule has 2 amide bonds. The maximum absolute atomic E-state index is 14.1. The molecule has 0 bridgehead atoms. The number of amides is 2. The van der Waals surface area contributed by atoms with Crippen molar-refractivity contribution in [3.63, 3.8) is 0 Å². The van der Waals surface area contributed by atoms with Crippen LogP contribution in [-0.4, -0.2) is 53.1 Å². The molecule has 0 aromatic heterocycles. The maximum atomic E-state index is 14.1. The van der Waals surface area contributed by atoms with Gasteiger partial charge in [0, 0.05) is 25.5 Å². The van der Waals surface area contributed by atoms with E-state index >= 15 is 0 Å². The van der Waals surface area contributed by atoms with Crippen molar-refractivity contribution in [2.24, 2.45) is 0 Å². The molecule has 6 nitrogen and oxygen atoms in total. The third-order valence-corrected chi connectivity index (χ3v) is 7.02. The summed E-state index contributed by atoms with van der Waals surface area (Å²) in [5.74, 6) is -0.0120. The Morgan fingerprint density at radius 2 is 1.07 bits per heavy atom. The summed E-state index contributed by atoms with van der Waals surface area (Å²) in [7, 11) is 7.42. The van der Waals surface area contributed by atoms with E-state index in [0.717, 1.165) is 22.5 Å². The smallest absolute Gasteiger partial charge is 0.238 e. The predicted molar refractivity (Wildman–Crippen MR) is 120 cm³/mol. The molecule has 2 aromatic carbocycles. The molecule has 0 saturated carbocycles. The van der Waals surface area contributed by atoms with Crippen LogP contribution in [0.15, 0.2) is 48.5 Å². The molecule has 2 unspecified atom stereocenters. The van der Waals surface area contributed by atoms with Gasteiger partial charge in [0.25, 0.3) is 0 Å². The first-order valence-corrected chi connectivity index (χ1v) is 10.5. The molecule has 0 spiro atoms. The first kappa shape index (κ1) is 20.6. The first-order chi connectivity index (χ1) is 14.5. The number of hydrogen-bond donors (Lipinski definition) is 2. The SMILES string of the molecule is CNCCC1(C2(CCNC)C(=O)N(C)c3ccccc32)C(=O)N(C)c2ccccc21. The summed E-state index contributed by atoms with van der Waals surface area (Å²) in [4.78, 5) is 31.7. The number of fused-ring (bicyclic) bond motifs is 2. The van der Waals surface area contributed by atoms with Crippen LogP contribution in [0.4, 0.5) is 11.4 Å². The van der Waals surface area contributed by atoms with E-state index in [9.17, 15) is 9.59 Å². The lowest BCUT2D eigenvalue weighted by Gasteiger charge is -2.44. The first-order valence-electron chi connectivity index (χ1n) is 10.5. The predicted octanol–water partition coefficient (Wildman–Crippen LogP) is 2.03. The van der Waals surface area contributed by atoms with Crippen molar-refractivity contribution < 1.29 is 9.59 Å². The number of hydrogen-bond acceptors (Lipinski definition) is 4. The minimum absolute atomic E-state index is 0.00601.